The molecule has 11 heteroatoms. The SMILES string of the molecule is CC(C)COc1cc(F)cc(-c2ccc(C(=O)NS(=O)(=O)c3ccn[nH]3)c(NCCC(C)(C)C)n2)c1. The third kappa shape index (κ3) is 7.51. The van der Waals surface area contributed by atoms with Gasteiger partial charge in [0.25, 0.3) is 15.9 Å². The van der Waals surface area contributed by atoms with Crippen LogP contribution in [-0.4, -0.2) is 42.7 Å². The quantitative estimate of drug-likeness (QED) is 0.358. The number of hydrogen-bond acceptors (Lipinski definition) is 7. The molecule has 0 bridgehead atoms. The minimum absolute atomic E-state index is 0.0161. The van der Waals surface area contributed by atoms with Crippen LogP contribution in [0, 0.1) is 17.2 Å². The number of benzene rings is 1. The van der Waals surface area contributed by atoms with E-state index in [1.54, 1.807) is 6.07 Å². The topological polar surface area (TPSA) is 126 Å². The summed E-state index contributed by atoms with van der Waals surface area (Å²) in [6, 6.07) is 8.53. The average Bonchev–Trinajstić information content (AvgIpc) is 3.32. The molecule has 3 N–H and O–H groups in total. The third-order valence-electron chi connectivity index (χ3n) is 5.05. The van der Waals surface area contributed by atoms with Gasteiger partial charge in [-0.1, -0.05) is 34.6 Å². The van der Waals surface area contributed by atoms with Gasteiger partial charge in [-0.05, 0) is 48.1 Å². The lowest BCUT2D eigenvalue weighted by Crippen LogP contribution is -2.31. The minimum atomic E-state index is -4.15. The number of nitrogens with one attached hydrogen (secondary N) is 3. The van der Waals surface area contributed by atoms with Crippen molar-refractivity contribution >= 4 is 21.7 Å². The van der Waals surface area contributed by atoms with Crippen LogP contribution in [0.2, 0.25) is 0 Å². The number of pyridine rings is 1. The van der Waals surface area contributed by atoms with E-state index in [0.717, 1.165) is 6.42 Å². The first kappa shape index (κ1) is 27.1. The monoisotopic (exact) mass is 517 g/mol. The first-order chi connectivity index (χ1) is 16.8. The van der Waals surface area contributed by atoms with Crippen LogP contribution < -0.4 is 14.8 Å². The van der Waals surface area contributed by atoms with Gasteiger partial charge in [-0.25, -0.2) is 14.1 Å². The molecule has 2 aromatic heterocycles. The van der Waals surface area contributed by atoms with Crippen LogP contribution in [0.5, 0.6) is 5.75 Å². The standard InChI is InChI=1S/C25H32FN5O4S/c1-16(2)15-35-19-13-17(12-18(26)14-19)21-7-6-20(23(29-21)27-11-9-25(3,4)5)24(32)31-36(33,34)22-8-10-28-30-22/h6-8,10,12-14,16H,9,11,15H2,1-5H3,(H,27,29)(H,28,30)(H,31,32). The van der Waals surface area contributed by atoms with E-state index in [1.165, 1.54) is 36.5 Å². The molecule has 0 fully saturated rings. The van der Waals surface area contributed by atoms with E-state index in [0.29, 0.717) is 30.2 Å². The number of halogens is 1. The Balaban J connectivity index is 1.95. The fraction of sp³-hybridized carbons (Fsp3) is 0.400. The van der Waals surface area contributed by atoms with Crippen molar-refractivity contribution in [1.82, 2.24) is 19.9 Å². The maximum atomic E-state index is 14.3. The molecule has 1 aromatic carbocycles. The van der Waals surface area contributed by atoms with Crippen LogP contribution in [0.4, 0.5) is 10.2 Å². The molecule has 0 aliphatic rings. The molecule has 194 valence electrons. The Kier molecular flexibility index (Phi) is 8.34. The Morgan fingerprint density at radius 3 is 2.56 bits per heavy atom. The number of ether oxygens (including phenoxy) is 1. The molecule has 36 heavy (non-hydrogen) atoms. The van der Waals surface area contributed by atoms with Gasteiger partial charge >= 0.3 is 0 Å². The van der Waals surface area contributed by atoms with Crippen molar-refractivity contribution in [2.75, 3.05) is 18.5 Å². The second-order valence-corrected chi connectivity index (χ2v) is 11.7. The highest BCUT2D eigenvalue weighted by Gasteiger charge is 2.23. The molecule has 0 aliphatic carbocycles. The van der Waals surface area contributed by atoms with Crippen molar-refractivity contribution in [1.29, 1.82) is 0 Å². The molecular formula is C25H32FN5O4S. The number of amides is 1. The molecule has 9 nitrogen and oxygen atoms in total. The molecule has 0 spiro atoms. The Hall–Kier alpha value is -3.47. The number of nitrogens with zero attached hydrogens (tertiary/aromatic N) is 2. The summed E-state index contributed by atoms with van der Waals surface area (Å²) in [5.41, 5.74) is 0.908. The highest BCUT2D eigenvalue weighted by Crippen LogP contribution is 2.28. The van der Waals surface area contributed by atoms with E-state index in [4.69, 9.17) is 4.74 Å². The third-order valence-corrected chi connectivity index (χ3v) is 6.31. The molecule has 0 aliphatic heterocycles. The van der Waals surface area contributed by atoms with E-state index in [9.17, 15) is 17.6 Å². The number of hydrogen-bond donors (Lipinski definition) is 3. The molecule has 0 saturated carbocycles. The van der Waals surface area contributed by atoms with Gasteiger partial charge in [0.1, 0.15) is 17.4 Å². The Morgan fingerprint density at radius 2 is 1.92 bits per heavy atom. The number of sulfonamides is 1. The molecule has 3 rings (SSSR count). The fourth-order valence-electron chi connectivity index (χ4n) is 3.18. The van der Waals surface area contributed by atoms with Crippen molar-refractivity contribution in [3.8, 4) is 17.0 Å². The molecule has 2 heterocycles. The van der Waals surface area contributed by atoms with Crippen molar-refractivity contribution < 1.29 is 22.3 Å². The first-order valence-electron chi connectivity index (χ1n) is 11.6. The van der Waals surface area contributed by atoms with Crippen molar-refractivity contribution in [2.24, 2.45) is 11.3 Å². The number of H-pyrrole nitrogens is 1. The number of anilines is 1. The molecule has 0 unspecified atom stereocenters. The van der Waals surface area contributed by atoms with Crippen LogP contribution in [0.25, 0.3) is 11.3 Å². The lowest BCUT2D eigenvalue weighted by Gasteiger charge is -2.19. The van der Waals surface area contributed by atoms with Gasteiger partial charge in [0.2, 0.25) is 0 Å². The zero-order valence-electron chi connectivity index (χ0n) is 21.1. The van der Waals surface area contributed by atoms with E-state index >= 15 is 0 Å². The van der Waals surface area contributed by atoms with Gasteiger partial charge in [-0.3, -0.25) is 9.89 Å². The first-order valence-corrected chi connectivity index (χ1v) is 13.1. The summed E-state index contributed by atoms with van der Waals surface area (Å²) in [4.78, 5) is 17.5. The molecule has 1 amide bonds. The zero-order valence-corrected chi connectivity index (χ0v) is 21.9. The van der Waals surface area contributed by atoms with Crippen LogP contribution >= 0.6 is 0 Å². The maximum absolute atomic E-state index is 14.3. The Labute approximate surface area is 210 Å². The largest absolute Gasteiger partial charge is 0.493 e. The van der Waals surface area contributed by atoms with Gasteiger partial charge in [-0.2, -0.15) is 13.5 Å². The Morgan fingerprint density at radius 1 is 1.17 bits per heavy atom. The van der Waals surface area contributed by atoms with E-state index in [-0.39, 0.29) is 27.7 Å². The van der Waals surface area contributed by atoms with Crippen molar-refractivity contribution in [3.05, 3.63) is 54.0 Å². The van der Waals surface area contributed by atoms with Crippen LogP contribution in [0.1, 0.15) is 51.4 Å². The van der Waals surface area contributed by atoms with Gasteiger partial charge < -0.3 is 10.1 Å². The average molecular weight is 518 g/mol. The van der Waals surface area contributed by atoms with Crippen molar-refractivity contribution in [2.45, 2.75) is 46.1 Å². The number of aromatic amines is 1. The van der Waals surface area contributed by atoms with E-state index < -0.39 is 21.7 Å². The van der Waals surface area contributed by atoms with Crippen LogP contribution in [0.15, 0.2) is 47.6 Å². The summed E-state index contributed by atoms with van der Waals surface area (Å²) < 4.78 is 47.1. The predicted molar refractivity (Wildman–Crippen MR) is 136 cm³/mol. The normalized spacial score (nSPS) is 12.0. The lowest BCUT2D eigenvalue weighted by molar-refractivity contribution is 0.0982. The summed E-state index contributed by atoms with van der Waals surface area (Å²) in [6.45, 7) is 11.1. The highest BCUT2D eigenvalue weighted by atomic mass is 32.2. The van der Waals surface area contributed by atoms with Gasteiger partial charge in [-0.15, -0.1) is 0 Å². The zero-order chi connectivity index (χ0) is 26.5. The van der Waals surface area contributed by atoms with E-state index in [2.05, 4.69) is 41.3 Å². The molecular weight excluding hydrogens is 485 g/mol. The number of carbonyl (C=O) groups is 1. The molecule has 0 radical (unpaired) electrons. The second kappa shape index (κ2) is 11.1. The smallest absolute Gasteiger partial charge is 0.281 e. The number of carbonyl (C=O) groups excluding carboxylic acids is 1. The molecule has 3 aromatic rings. The summed E-state index contributed by atoms with van der Waals surface area (Å²) in [6.07, 6.45) is 2.03. The summed E-state index contributed by atoms with van der Waals surface area (Å²) in [7, 11) is -4.15. The van der Waals surface area contributed by atoms with E-state index in [1.807, 2.05) is 18.6 Å². The summed E-state index contributed by atoms with van der Waals surface area (Å²) >= 11 is 0. The molecule has 0 atom stereocenters. The fourth-order valence-corrected chi connectivity index (χ4v) is 4.05. The van der Waals surface area contributed by atoms with Crippen LogP contribution in [0.3, 0.4) is 0 Å². The van der Waals surface area contributed by atoms with Crippen LogP contribution in [-0.2, 0) is 10.0 Å². The summed E-state index contributed by atoms with van der Waals surface area (Å²) in [5.74, 6) is -0.521. The highest BCUT2D eigenvalue weighted by molar-refractivity contribution is 7.90. The number of rotatable bonds is 10. The minimum Gasteiger partial charge on any atom is -0.493 e. The van der Waals surface area contributed by atoms with Gasteiger partial charge in [0, 0.05) is 18.2 Å². The predicted octanol–water partition coefficient (Wildman–Crippen LogP) is 4.61. The van der Waals surface area contributed by atoms with Gasteiger partial charge in [0.15, 0.2) is 5.03 Å². The second-order valence-electron chi connectivity index (χ2n) is 10.1. The Bertz CT molecular complexity index is 1300. The van der Waals surface area contributed by atoms with Gasteiger partial charge in [0.05, 0.1) is 24.1 Å². The number of aromatic nitrogens is 3. The summed E-state index contributed by atoms with van der Waals surface area (Å²) in [5, 5.41) is 8.84. The van der Waals surface area contributed by atoms with Crippen molar-refractivity contribution in [3.63, 3.8) is 0 Å². The lowest BCUT2D eigenvalue weighted by atomic mass is 9.92. The maximum Gasteiger partial charge on any atom is 0.281 e. The molecule has 0 saturated heterocycles.